The SMILES string of the molecule is O=C(c1c[nH]c(=O)c(Cl)c1)N1CCCC(C2NNCC2c2ccc(F)cc2)C1. The molecule has 0 bridgehead atoms. The molecule has 0 aliphatic carbocycles. The number of benzene rings is 1. The summed E-state index contributed by atoms with van der Waals surface area (Å²) in [6.07, 6.45) is 3.33. The van der Waals surface area contributed by atoms with Crippen LogP contribution in [0.3, 0.4) is 0 Å². The summed E-state index contributed by atoms with van der Waals surface area (Å²) in [5, 5.41) is 0.0115. The molecule has 28 heavy (non-hydrogen) atoms. The van der Waals surface area contributed by atoms with Crippen LogP contribution >= 0.6 is 11.6 Å². The van der Waals surface area contributed by atoms with Crippen molar-refractivity contribution in [3.8, 4) is 0 Å². The Balaban J connectivity index is 1.49. The van der Waals surface area contributed by atoms with Gasteiger partial charge < -0.3 is 9.88 Å². The van der Waals surface area contributed by atoms with E-state index in [0.717, 1.165) is 24.9 Å². The maximum atomic E-state index is 13.3. The molecule has 1 amide bonds. The Morgan fingerprint density at radius 2 is 2.04 bits per heavy atom. The Hall–Kier alpha value is -2.22. The Labute approximate surface area is 167 Å². The van der Waals surface area contributed by atoms with Crippen LogP contribution in [0.25, 0.3) is 0 Å². The molecule has 148 valence electrons. The van der Waals surface area contributed by atoms with E-state index in [9.17, 15) is 14.0 Å². The number of pyridine rings is 1. The summed E-state index contributed by atoms with van der Waals surface area (Å²) in [5.74, 6) is 0.101. The lowest BCUT2D eigenvalue weighted by Gasteiger charge is -2.37. The molecule has 0 saturated carbocycles. The number of hydrogen-bond acceptors (Lipinski definition) is 4. The molecule has 3 heterocycles. The monoisotopic (exact) mass is 404 g/mol. The number of likely N-dealkylation sites (tertiary alicyclic amines) is 1. The number of aromatic nitrogens is 1. The number of nitrogens with one attached hydrogen (secondary N) is 3. The molecule has 4 rings (SSSR count). The molecular weight excluding hydrogens is 383 g/mol. The van der Waals surface area contributed by atoms with E-state index < -0.39 is 5.56 Å². The minimum absolute atomic E-state index is 0.0115. The second-order valence-corrected chi connectivity index (χ2v) is 7.84. The predicted octanol–water partition coefficient (Wildman–Crippen LogP) is 2.28. The molecule has 2 aromatic rings. The number of rotatable bonds is 3. The first-order valence-corrected chi connectivity index (χ1v) is 9.82. The summed E-state index contributed by atoms with van der Waals surface area (Å²) in [6, 6.07) is 8.21. The molecule has 3 N–H and O–H groups in total. The van der Waals surface area contributed by atoms with Crippen molar-refractivity contribution in [2.75, 3.05) is 19.6 Å². The molecule has 6 nitrogen and oxygen atoms in total. The van der Waals surface area contributed by atoms with Gasteiger partial charge in [-0.2, -0.15) is 0 Å². The Morgan fingerprint density at radius 1 is 1.25 bits per heavy atom. The van der Waals surface area contributed by atoms with Gasteiger partial charge in [0.15, 0.2) is 0 Å². The molecule has 2 aliphatic rings. The van der Waals surface area contributed by atoms with Gasteiger partial charge in [-0.15, -0.1) is 0 Å². The molecule has 3 unspecified atom stereocenters. The average Bonchev–Trinajstić information content (AvgIpc) is 3.20. The Bertz CT molecular complexity index is 917. The number of hydrogen-bond donors (Lipinski definition) is 3. The highest BCUT2D eigenvalue weighted by molar-refractivity contribution is 6.30. The zero-order valence-corrected chi connectivity index (χ0v) is 16.0. The van der Waals surface area contributed by atoms with Crippen LogP contribution in [0.5, 0.6) is 0 Å². The number of hydrazine groups is 1. The summed E-state index contributed by atoms with van der Waals surface area (Å²) >= 11 is 5.87. The second kappa shape index (κ2) is 8.03. The zero-order valence-electron chi connectivity index (χ0n) is 15.3. The van der Waals surface area contributed by atoms with E-state index in [1.165, 1.54) is 24.4 Å². The first-order valence-electron chi connectivity index (χ1n) is 9.44. The van der Waals surface area contributed by atoms with Crippen molar-refractivity contribution in [3.63, 3.8) is 0 Å². The predicted molar refractivity (Wildman–Crippen MR) is 105 cm³/mol. The third kappa shape index (κ3) is 3.83. The van der Waals surface area contributed by atoms with Gasteiger partial charge >= 0.3 is 0 Å². The molecule has 2 fully saturated rings. The molecule has 1 aromatic carbocycles. The lowest BCUT2D eigenvalue weighted by molar-refractivity contribution is 0.0644. The topological polar surface area (TPSA) is 77.2 Å². The maximum Gasteiger partial charge on any atom is 0.266 e. The van der Waals surface area contributed by atoms with Gasteiger partial charge in [-0.05, 0) is 42.5 Å². The van der Waals surface area contributed by atoms with Crippen LogP contribution in [0.1, 0.15) is 34.7 Å². The van der Waals surface area contributed by atoms with E-state index in [0.29, 0.717) is 18.7 Å². The van der Waals surface area contributed by atoms with Crippen LogP contribution in [0.2, 0.25) is 5.02 Å². The number of amides is 1. The van der Waals surface area contributed by atoms with Crippen LogP contribution < -0.4 is 16.4 Å². The summed E-state index contributed by atoms with van der Waals surface area (Å²) < 4.78 is 13.3. The van der Waals surface area contributed by atoms with E-state index in [2.05, 4.69) is 15.8 Å². The fourth-order valence-corrected chi connectivity index (χ4v) is 4.42. The fourth-order valence-electron chi connectivity index (χ4n) is 4.25. The highest BCUT2D eigenvalue weighted by atomic mass is 35.5. The molecule has 1 aromatic heterocycles. The minimum Gasteiger partial charge on any atom is -0.338 e. The molecule has 8 heteroatoms. The summed E-state index contributed by atoms with van der Waals surface area (Å²) in [5.41, 5.74) is 7.64. The van der Waals surface area contributed by atoms with E-state index in [1.807, 2.05) is 17.0 Å². The lowest BCUT2D eigenvalue weighted by atomic mass is 9.81. The van der Waals surface area contributed by atoms with Gasteiger partial charge in [-0.25, -0.2) is 4.39 Å². The normalized spacial score (nSPS) is 25.1. The van der Waals surface area contributed by atoms with Crippen molar-refractivity contribution >= 4 is 17.5 Å². The number of nitrogens with zero attached hydrogens (tertiary/aromatic N) is 1. The van der Waals surface area contributed by atoms with Gasteiger partial charge in [0.05, 0.1) is 5.56 Å². The van der Waals surface area contributed by atoms with Crippen molar-refractivity contribution in [2.24, 2.45) is 5.92 Å². The maximum absolute atomic E-state index is 13.3. The van der Waals surface area contributed by atoms with Crippen LogP contribution in [0.4, 0.5) is 4.39 Å². The second-order valence-electron chi connectivity index (χ2n) is 7.43. The summed E-state index contributed by atoms with van der Waals surface area (Å²) in [7, 11) is 0. The van der Waals surface area contributed by atoms with E-state index in [-0.39, 0.29) is 34.6 Å². The first kappa shape index (κ1) is 19.1. The average molecular weight is 405 g/mol. The van der Waals surface area contributed by atoms with Gasteiger partial charge in [-0.3, -0.25) is 20.4 Å². The zero-order chi connectivity index (χ0) is 19.7. The molecule has 0 spiro atoms. The number of carbonyl (C=O) groups excluding carboxylic acids is 1. The molecule has 3 atom stereocenters. The molecular formula is C20H22ClFN4O2. The van der Waals surface area contributed by atoms with E-state index in [4.69, 9.17) is 11.6 Å². The third-order valence-electron chi connectivity index (χ3n) is 5.68. The lowest BCUT2D eigenvalue weighted by Crippen LogP contribution is -2.48. The van der Waals surface area contributed by atoms with Crippen molar-refractivity contribution in [1.29, 1.82) is 0 Å². The molecule has 0 radical (unpaired) electrons. The number of H-pyrrole nitrogens is 1. The van der Waals surface area contributed by atoms with E-state index >= 15 is 0 Å². The van der Waals surface area contributed by atoms with Crippen molar-refractivity contribution in [3.05, 3.63) is 68.8 Å². The largest absolute Gasteiger partial charge is 0.338 e. The highest BCUT2D eigenvalue weighted by Gasteiger charge is 2.37. The summed E-state index contributed by atoms with van der Waals surface area (Å²) in [4.78, 5) is 28.6. The minimum atomic E-state index is -0.405. The van der Waals surface area contributed by atoms with Gasteiger partial charge in [-0.1, -0.05) is 23.7 Å². The number of halogens is 2. The third-order valence-corrected chi connectivity index (χ3v) is 5.96. The van der Waals surface area contributed by atoms with Crippen LogP contribution in [-0.2, 0) is 0 Å². The Morgan fingerprint density at radius 3 is 2.79 bits per heavy atom. The van der Waals surface area contributed by atoms with Gasteiger partial charge in [0.2, 0.25) is 0 Å². The quantitative estimate of drug-likeness (QED) is 0.733. The smallest absolute Gasteiger partial charge is 0.266 e. The van der Waals surface area contributed by atoms with Gasteiger partial charge in [0.1, 0.15) is 10.8 Å². The van der Waals surface area contributed by atoms with Crippen molar-refractivity contribution in [2.45, 2.75) is 24.8 Å². The van der Waals surface area contributed by atoms with Crippen LogP contribution in [0.15, 0.2) is 41.3 Å². The highest BCUT2D eigenvalue weighted by Crippen LogP contribution is 2.32. The summed E-state index contributed by atoms with van der Waals surface area (Å²) in [6.45, 7) is 2.05. The Kier molecular flexibility index (Phi) is 5.48. The fraction of sp³-hybridized carbons (Fsp3) is 0.400. The van der Waals surface area contributed by atoms with Gasteiger partial charge in [0.25, 0.3) is 11.5 Å². The first-order chi connectivity index (χ1) is 13.5. The van der Waals surface area contributed by atoms with Gasteiger partial charge in [0, 0.05) is 37.8 Å². The van der Waals surface area contributed by atoms with Crippen molar-refractivity contribution < 1.29 is 9.18 Å². The van der Waals surface area contributed by atoms with E-state index in [1.54, 1.807) is 0 Å². The molecule has 2 aliphatic heterocycles. The standard InChI is InChI=1S/C20H22ClFN4O2/c21-17-8-14(9-23-19(17)27)20(28)26-7-1-2-13(11-26)18-16(10-24-25-18)12-3-5-15(22)6-4-12/h3-6,8-9,13,16,18,24-25H,1-2,7,10-11H2,(H,23,27). The molecule has 2 saturated heterocycles. The van der Waals surface area contributed by atoms with Crippen LogP contribution in [0, 0.1) is 11.7 Å². The van der Waals surface area contributed by atoms with Crippen LogP contribution in [-0.4, -0.2) is 41.5 Å². The number of carbonyl (C=O) groups is 1. The number of piperidine rings is 1. The van der Waals surface area contributed by atoms with Crippen molar-refractivity contribution in [1.82, 2.24) is 20.7 Å². The number of aromatic amines is 1.